The number of carbonyl (C=O) groups excluding carboxylic acids is 1. The summed E-state index contributed by atoms with van der Waals surface area (Å²) in [6, 6.07) is 9.65. The molecule has 0 N–H and O–H groups in total. The van der Waals surface area contributed by atoms with E-state index in [0.717, 1.165) is 25.1 Å². The van der Waals surface area contributed by atoms with Gasteiger partial charge in [-0.1, -0.05) is 36.3 Å². The second kappa shape index (κ2) is 9.19. The predicted molar refractivity (Wildman–Crippen MR) is 88.9 cm³/mol. The average Bonchev–Trinajstić information content (AvgIpc) is 2.59. The van der Waals surface area contributed by atoms with Crippen molar-refractivity contribution in [3.8, 4) is 12.3 Å². The Kier molecular flexibility index (Phi) is 6.92. The van der Waals surface area contributed by atoms with Crippen molar-refractivity contribution in [3.63, 3.8) is 0 Å². The molecule has 23 heavy (non-hydrogen) atoms. The number of ether oxygens (including phenoxy) is 2. The van der Waals surface area contributed by atoms with Crippen molar-refractivity contribution < 1.29 is 14.3 Å². The first kappa shape index (κ1) is 17.3. The first-order valence-corrected chi connectivity index (χ1v) is 7.88. The predicted octanol–water partition coefficient (Wildman–Crippen LogP) is 1.98. The molecule has 1 atom stereocenters. The van der Waals surface area contributed by atoms with Gasteiger partial charge in [0.1, 0.15) is 6.61 Å². The fourth-order valence-corrected chi connectivity index (χ4v) is 2.49. The zero-order chi connectivity index (χ0) is 16.5. The number of nitrogens with zero attached hydrogens (tertiary/aromatic N) is 2. The SMILES string of the molecule is C#CCN1CCO[C@H](CCN(C)C(=O)OCc2ccccc2)C1. The van der Waals surface area contributed by atoms with Gasteiger partial charge < -0.3 is 14.4 Å². The lowest BCUT2D eigenvalue weighted by Crippen LogP contribution is -2.44. The average molecular weight is 316 g/mol. The highest BCUT2D eigenvalue weighted by molar-refractivity contribution is 5.67. The summed E-state index contributed by atoms with van der Waals surface area (Å²) in [5, 5.41) is 0. The van der Waals surface area contributed by atoms with Crippen molar-refractivity contribution >= 4 is 6.09 Å². The van der Waals surface area contributed by atoms with Gasteiger partial charge in [0, 0.05) is 26.7 Å². The maximum Gasteiger partial charge on any atom is 0.409 e. The van der Waals surface area contributed by atoms with Gasteiger partial charge >= 0.3 is 6.09 Å². The van der Waals surface area contributed by atoms with Gasteiger partial charge in [-0.3, -0.25) is 4.90 Å². The standard InChI is InChI=1S/C18H24N2O3/c1-3-10-20-12-13-22-17(14-20)9-11-19(2)18(21)23-15-16-7-5-4-6-8-16/h1,4-8,17H,9-15H2,2H3/t17-/m1/s1. The zero-order valence-corrected chi connectivity index (χ0v) is 13.6. The second-order valence-electron chi connectivity index (χ2n) is 5.68. The third-order valence-corrected chi connectivity index (χ3v) is 3.84. The van der Waals surface area contributed by atoms with Crippen LogP contribution in [0.5, 0.6) is 0 Å². The van der Waals surface area contributed by atoms with Gasteiger partial charge in [-0.25, -0.2) is 4.79 Å². The Morgan fingerprint density at radius 3 is 3.00 bits per heavy atom. The van der Waals surface area contributed by atoms with Gasteiger partial charge in [0.25, 0.3) is 0 Å². The molecule has 0 aromatic heterocycles. The normalized spacial score (nSPS) is 18.2. The number of carbonyl (C=O) groups is 1. The fourth-order valence-electron chi connectivity index (χ4n) is 2.49. The Balaban J connectivity index is 1.68. The maximum absolute atomic E-state index is 12.0. The van der Waals surface area contributed by atoms with Crippen molar-refractivity contribution in [1.29, 1.82) is 0 Å². The number of hydrogen-bond donors (Lipinski definition) is 0. The summed E-state index contributed by atoms with van der Waals surface area (Å²) in [5.74, 6) is 2.66. The van der Waals surface area contributed by atoms with Crippen molar-refractivity contribution in [3.05, 3.63) is 35.9 Å². The number of rotatable bonds is 6. The molecular formula is C18H24N2O3. The van der Waals surface area contributed by atoms with Gasteiger partial charge in [0.2, 0.25) is 0 Å². The monoisotopic (exact) mass is 316 g/mol. The first-order valence-electron chi connectivity index (χ1n) is 7.88. The number of morpholine rings is 1. The molecule has 1 aromatic carbocycles. The van der Waals surface area contributed by atoms with Crippen molar-refractivity contribution in [1.82, 2.24) is 9.80 Å². The molecule has 5 nitrogen and oxygen atoms in total. The Morgan fingerprint density at radius 1 is 1.48 bits per heavy atom. The van der Waals surface area contributed by atoms with Crippen LogP contribution in [0.15, 0.2) is 30.3 Å². The van der Waals surface area contributed by atoms with Gasteiger partial charge in [-0.05, 0) is 12.0 Å². The van der Waals surface area contributed by atoms with Crippen LogP contribution in [0.4, 0.5) is 4.79 Å². The molecule has 0 spiro atoms. The van der Waals surface area contributed by atoms with E-state index in [9.17, 15) is 4.79 Å². The van der Waals surface area contributed by atoms with Crippen molar-refractivity contribution in [2.75, 3.05) is 39.8 Å². The molecule has 1 aliphatic rings. The lowest BCUT2D eigenvalue weighted by atomic mass is 10.2. The van der Waals surface area contributed by atoms with Crippen LogP contribution in [-0.2, 0) is 16.1 Å². The van der Waals surface area contributed by atoms with Gasteiger partial charge in [0.05, 0.1) is 19.3 Å². The van der Waals surface area contributed by atoms with Gasteiger partial charge in [0.15, 0.2) is 0 Å². The Labute approximate surface area is 138 Å². The Bertz CT molecular complexity index is 527. The van der Waals surface area contributed by atoms with E-state index < -0.39 is 0 Å². The topological polar surface area (TPSA) is 42.0 Å². The molecule has 1 aliphatic heterocycles. The second-order valence-corrected chi connectivity index (χ2v) is 5.68. The van der Waals surface area contributed by atoms with Gasteiger partial charge in [-0.15, -0.1) is 6.42 Å². The fraction of sp³-hybridized carbons (Fsp3) is 0.500. The van der Waals surface area contributed by atoms with E-state index in [1.165, 1.54) is 0 Å². The Hall–Kier alpha value is -2.03. The molecule has 1 heterocycles. The van der Waals surface area contributed by atoms with E-state index in [1.807, 2.05) is 30.3 Å². The summed E-state index contributed by atoms with van der Waals surface area (Å²) < 4.78 is 11.0. The van der Waals surface area contributed by atoms with Gasteiger partial charge in [-0.2, -0.15) is 0 Å². The summed E-state index contributed by atoms with van der Waals surface area (Å²) in [6.07, 6.45) is 5.92. The van der Waals surface area contributed by atoms with E-state index in [4.69, 9.17) is 15.9 Å². The summed E-state index contributed by atoms with van der Waals surface area (Å²) in [5.41, 5.74) is 0.981. The molecule has 0 saturated carbocycles. The molecule has 0 radical (unpaired) electrons. The van der Waals surface area contributed by atoms with Crippen LogP contribution in [-0.4, -0.2) is 61.8 Å². The minimum atomic E-state index is -0.315. The number of amides is 1. The minimum Gasteiger partial charge on any atom is -0.445 e. The third kappa shape index (κ3) is 5.93. The van der Waals surface area contributed by atoms with Crippen molar-refractivity contribution in [2.24, 2.45) is 0 Å². The molecule has 124 valence electrons. The van der Waals surface area contributed by atoms with Crippen LogP contribution in [0.3, 0.4) is 0 Å². The lowest BCUT2D eigenvalue weighted by molar-refractivity contribution is -0.0304. The molecule has 0 bridgehead atoms. The van der Waals surface area contributed by atoms with Crippen LogP contribution in [0.25, 0.3) is 0 Å². The largest absolute Gasteiger partial charge is 0.445 e. The number of benzene rings is 1. The van der Waals surface area contributed by atoms with Crippen LogP contribution >= 0.6 is 0 Å². The molecule has 2 rings (SSSR count). The highest BCUT2D eigenvalue weighted by atomic mass is 16.6. The molecule has 1 amide bonds. The maximum atomic E-state index is 12.0. The molecular weight excluding hydrogens is 292 g/mol. The smallest absolute Gasteiger partial charge is 0.409 e. The third-order valence-electron chi connectivity index (χ3n) is 3.84. The van der Waals surface area contributed by atoms with E-state index in [2.05, 4.69) is 10.8 Å². The minimum absolute atomic E-state index is 0.112. The lowest BCUT2D eigenvalue weighted by Gasteiger charge is -2.32. The highest BCUT2D eigenvalue weighted by Crippen LogP contribution is 2.09. The van der Waals surface area contributed by atoms with Crippen LogP contribution in [0, 0.1) is 12.3 Å². The number of terminal acetylenes is 1. The molecule has 1 saturated heterocycles. The first-order chi connectivity index (χ1) is 11.2. The van der Waals surface area contributed by atoms with Crippen LogP contribution < -0.4 is 0 Å². The van der Waals surface area contributed by atoms with E-state index in [1.54, 1.807) is 11.9 Å². The van der Waals surface area contributed by atoms with E-state index in [0.29, 0.717) is 26.3 Å². The summed E-state index contributed by atoms with van der Waals surface area (Å²) in [4.78, 5) is 15.8. The summed E-state index contributed by atoms with van der Waals surface area (Å²) >= 11 is 0. The summed E-state index contributed by atoms with van der Waals surface area (Å²) in [6.45, 7) is 3.91. The van der Waals surface area contributed by atoms with Crippen LogP contribution in [0.1, 0.15) is 12.0 Å². The molecule has 1 fully saturated rings. The molecule has 5 heteroatoms. The zero-order valence-electron chi connectivity index (χ0n) is 13.6. The van der Waals surface area contributed by atoms with E-state index in [-0.39, 0.29) is 12.2 Å². The highest BCUT2D eigenvalue weighted by Gasteiger charge is 2.21. The molecule has 0 aliphatic carbocycles. The van der Waals surface area contributed by atoms with E-state index >= 15 is 0 Å². The number of hydrogen-bond acceptors (Lipinski definition) is 4. The van der Waals surface area contributed by atoms with Crippen LogP contribution in [0.2, 0.25) is 0 Å². The molecule has 1 aromatic rings. The molecule has 0 unspecified atom stereocenters. The van der Waals surface area contributed by atoms with Crippen molar-refractivity contribution in [2.45, 2.75) is 19.1 Å². The summed E-state index contributed by atoms with van der Waals surface area (Å²) in [7, 11) is 1.75. The quantitative estimate of drug-likeness (QED) is 0.753. The Morgan fingerprint density at radius 2 is 2.26 bits per heavy atom.